The summed E-state index contributed by atoms with van der Waals surface area (Å²) in [6, 6.07) is 10.6. The number of aryl methyl sites for hydroxylation is 2. The molecule has 9 heteroatoms. The largest absolute Gasteiger partial charge is 0.477 e. The molecule has 3 aromatic rings. The van der Waals surface area contributed by atoms with E-state index in [1.165, 1.54) is 0 Å². The van der Waals surface area contributed by atoms with Crippen LogP contribution in [0.1, 0.15) is 72.3 Å². The fourth-order valence-electron chi connectivity index (χ4n) is 4.80. The normalized spacial score (nSPS) is 17.6. The Hall–Kier alpha value is -3.46. The summed E-state index contributed by atoms with van der Waals surface area (Å²) in [5, 5.41) is 17.0. The third-order valence-electron chi connectivity index (χ3n) is 7.06. The van der Waals surface area contributed by atoms with Crippen molar-refractivity contribution in [2.75, 3.05) is 10.2 Å². The molecule has 2 amide bonds. The predicted molar refractivity (Wildman–Crippen MR) is 146 cm³/mol. The number of rotatable bonds is 7. The second kappa shape index (κ2) is 10.9. The van der Waals surface area contributed by atoms with Crippen molar-refractivity contribution in [1.82, 2.24) is 9.78 Å². The number of carbonyl (C=O) groups excluding carboxylic acids is 2. The van der Waals surface area contributed by atoms with Crippen LogP contribution >= 0.6 is 11.3 Å². The highest BCUT2D eigenvalue weighted by atomic mass is 32.1. The SMILES string of the molecule is Cc1cc(C(=O)Nc2ccc(-c3cc(N(C(=O)C4CCC(C)CC4)C(C)C)c(C(=O)O)s3)cc2)nn1C. The lowest BCUT2D eigenvalue weighted by atomic mass is 9.82. The zero-order valence-electron chi connectivity index (χ0n) is 21.9. The van der Waals surface area contributed by atoms with Crippen LogP contribution in [0.25, 0.3) is 10.4 Å². The Morgan fingerprint density at radius 3 is 2.30 bits per heavy atom. The lowest BCUT2D eigenvalue weighted by Gasteiger charge is -2.33. The minimum atomic E-state index is -1.04. The van der Waals surface area contributed by atoms with E-state index >= 15 is 0 Å². The molecular weight excluding hydrogens is 488 g/mol. The van der Waals surface area contributed by atoms with Gasteiger partial charge >= 0.3 is 5.97 Å². The van der Waals surface area contributed by atoms with Gasteiger partial charge in [0.05, 0.1) is 5.69 Å². The van der Waals surface area contributed by atoms with Gasteiger partial charge in [-0.25, -0.2) is 4.79 Å². The molecule has 1 fully saturated rings. The van der Waals surface area contributed by atoms with E-state index in [0.717, 1.165) is 53.2 Å². The third-order valence-corrected chi connectivity index (χ3v) is 8.22. The van der Waals surface area contributed by atoms with Gasteiger partial charge < -0.3 is 15.3 Å². The molecule has 2 heterocycles. The summed E-state index contributed by atoms with van der Waals surface area (Å²) in [4.78, 5) is 40.8. The first-order valence-corrected chi connectivity index (χ1v) is 13.5. The van der Waals surface area contributed by atoms with Gasteiger partial charge in [-0.05, 0) is 82.2 Å². The third kappa shape index (κ3) is 5.77. The van der Waals surface area contributed by atoms with E-state index in [2.05, 4.69) is 17.3 Å². The van der Waals surface area contributed by atoms with Crippen molar-refractivity contribution in [2.45, 2.75) is 59.4 Å². The molecule has 0 saturated heterocycles. The molecule has 4 rings (SSSR count). The van der Waals surface area contributed by atoms with Crippen LogP contribution in [0.4, 0.5) is 11.4 Å². The summed E-state index contributed by atoms with van der Waals surface area (Å²) in [6.07, 6.45) is 3.72. The maximum Gasteiger partial charge on any atom is 0.348 e. The van der Waals surface area contributed by atoms with Gasteiger partial charge in [-0.3, -0.25) is 14.3 Å². The van der Waals surface area contributed by atoms with Crippen LogP contribution < -0.4 is 10.2 Å². The molecule has 1 aromatic carbocycles. The number of carbonyl (C=O) groups is 3. The molecular formula is C28H34N4O4S. The molecule has 0 radical (unpaired) electrons. The Morgan fingerprint density at radius 1 is 1.11 bits per heavy atom. The Morgan fingerprint density at radius 2 is 1.76 bits per heavy atom. The Labute approximate surface area is 221 Å². The van der Waals surface area contributed by atoms with Gasteiger partial charge in [0.2, 0.25) is 5.91 Å². The number of nitrogens with one attached hydrogen (secondary N) is 1. The molecule has 0 atom stereocenters. The number of nitrogens with zero attached hydrogens (tertiary/aromatic N) is 3. The molecule has 1 saturated carbocycles. The summed E-state index contributed by atoms with van der Waals surface area (Å²) >= 11 is 1.16. The van der Waals surface area contributed by atoms with Crippen LogP contribution in [0.3, 0.4) is 0 Å². The fraction of sp³-hybridized carbons (Fsp3) is 0.429. The molecule has 8 nitrogen and oxygen atoms in total. The summed E-state index contributed by atoms with van der Waals surface area (Å²) in [5.41, 5.74) is 3.10. The number of hydrogen-bond donors (Lipinski definition) is 2. The van der Waals surface area contributed by atoms with E-state index in [-0.39, 0.29) is 28.7 Å². The van der Waals surface area contributed by atoms with Gasteiger partial charge in [0, 0.05) is 35.3 Å². The van der Waals surface area contributed by atoms with E-state index in [1.807, 2.05) is 39.0 Å². The second-order valence-corrected chi connectivity index (χ2v) is 11.3. The van der Waals surface area contributed by atoms with E-state index in [0.29, 0.717) is 23.0 Å². The highest BCUT2D eigenvalue weighted by Gasteiger charge is 2.33. The van der Waals surface area contributed by atoms with E-state index in [4.69, 9.17) is 0 Å². The van der Waals surface area contributed by atoms with Crippen molar-refractivity contribution in [3.05, 3.63) is 52.7 Å². The number of hydrogen-bond acceptors (Lipinski definition) is 5. The molecule has 1 aliphatic rings. The molecule has 2 aromatic heterocycles. The number of anilines is 2. The first kappa shape index (κ1) is 26.6. The van der Waals surface area contributed by atoms with Crippen molar-refractivity contribution in [2.24, 2.45) is 18.9 Å². The number of aromatic nitrogens is 2. The van der Waals surface area contributed by atoms with Gasteiger partial charge in [-0.1, -0.05) is 19.1 Å². The summed E-state index contributed by atoms with van der Waals surface area (Å²) in [6.45, 7) is 7.94. The molecule has 2 N–H and O–H groups in total. The number of carboxylic acids is 1. The first-order chi connectivity index (χ1) is 17.5. The zero-order valence-corrected chi connectivity index (χ0v) is 22.8. The van der Waals surface area contributed by atoms with Gasteiger partial charge in [0.1, 0.15) is 4.88 Å². The van der Waals surface area contributed by atoms with Gasteiger partial charge in [-0.2, -0.15) is 5.10 Å². The summed E-state index contributed by atoms with van der Waals surface area (Å²) < 4.78 is 1.65. The number of thiophene rings is 1. The zero-order chi connectivity index (χ0) is 26.9. The minimum Gasteiger partial charge on any atom is -0.477 e. The molecule has 0 unspecified atom stereocenters. The number of carboxylic acid groups (broad SMARTS) is 1. The van der Waals surface area contributed by atoms with Crippen molar-refractivity contribution in [3.63, 3.8) is 0 Å². The molecule has 37 heavy (non-hydrogen) atoms. The van der Waals surface area contributed by atoms with Gasteiger partial charge in [-0.15, -0.1) is 11.3 Å². The van der Waals surface area contributed by atoms with E-state index < -0.39 is 5.97 Å². The molecule has 0 spiro atoms. The average molecular weight is 523 g/mol. The summed E-state index contributed by atoms with van der Waals surface area (Å²) in [5.74, 6) is -0.784. The van der Waals surface area contributed by atoms with Crippen molar-refractivity contribution in [1.29, 1.82) is 0 Å². The van der Waals surface area contributed by atoms with Crippen LogP contribution in [0.5, 0.6) is 0 Å². The molecule has 196 valence electrons. The Bertz CT molecular complexity index is 1280. The topological polar surface area (TPSA) is 105 Å². The number of benzene rings is 1. The average Bonchev–Trinajstić information content (AvgIpc) is 3.43. The standard InChI is InChI=1S/C28H34N4O4S/c1-16(2)32(27(34)20-8-6-17(3)7-9-20)23-15-24(37-25(23)28(35)36)19-10-12-21(13-11-19)29-26(33)22-14-18(4)31(5)30-22/h10-17,20H,6-9H2,1-5H3,(H,29,33)(H,35,36). The second-order valence-electron chi connectivity index (χ2n) is 10.2. The minimum absolute atomic E-state index is 0.0107. The monoisotopic (exact) mass is 522 g/mol. The van der Waals surface area contributed by atoms with E-state index in [9.17, 15) is 19.5 Å². The Balaban J connectivity index is 1.58. The quantitative estimate of drug-likeness (QED) is 0.397. The first-order valence-electron chi connectivity index (χ1n) is 12.7. The van der Waals surface area contributed by atoms with Crippen molar-refractivity contribution < 1.29 is 19.5 Å². The fourth-order valence-corrected chi connectivity index (χ4v) is 5.79. The lowest BCUT2D eigenvalue weighted by molar-refractivity contribution is -0.123. The van der Waals surface area contributed by atoms with Crippen LogP contribution in [0, 0.1) is 18.8 Å². The van der Waals surface area contributed by atoms with Crippen LogP contribution in [-0.4, -0.2) is 38.7 Å². The van der Waals surface area contributed by atoms with Crippen LogP contribution in [-0.2, 0) is 11.8 Å². The predicted octanol–water partition coefficient (Wildman–Crippen LogP) is 5.98. The van der Waals surface area contributed by atoms with Crippen LogP contribution in [0.15, 0.2) is 36.4 Å². The van der Waals surface area contributed by atoms with Crippen molar-refractivity contribution in [3.8, 4) is 10.4 Å². The molecule has 1 aliphatic carbocycles. The maximum atomic E-state index is 13.5. The molecule has 0 aliphatic heterocycles. The highest BCUT2D eigenvalue weighted by molar-refractivity contribution is 7.18. The maximum absolute atomic E-state index is 13.5. The highest BCUT2D eigenvalue weighted by Crippen LogP contribution is 2.40. The van der Waals surface area contributed by atoms with Gasteiger partial charge in [0.25, 0.3) is 5.91 Å². The molecule has 0 bridgehead atoms. The van der Waals surface area contributed by atoms with Crippen LogP contribution in [0.2, 0.25) is 0 Å². The lowest BCUT2D eigenvalue weighted by Crippen LogP contribution is -2.42. The number of aromatic carboxylic acids is 1. The summed E-state index contributed by atoms with van der Waals surface area (Å²) in [7, 11) is 1.78. The Kier molecular flexibility index (Phi) is 7.82. The smallest absolute Gasteiger partial charge is 0.348 e. The number of amides is 2. The van der Waals surface area contributed by atoms with E-state index in [1.54, 1.807) is 34.8 Å². The van der Waals surface area contributed by atoms with Crippen molar-refractivity contribution >= 4 is 40.5 Å². The van der Waals surface area contributed by atoms with Gasteiger partial charge in [0.15, 0.2) is 5.69 Å².